The fourth-order valence-corrected chi connectivity index (χ4v) is 1.29. The fraction of sp³-hybridized carbons (Fsp3) is 0.0909. The van der Waals surface area contributed by atoms with Crippen LogP contribution in [0, 0.1) is 0 Å². The number of benzene rings is 1. The van der Waals surface area contributed by atoms with Crippen molar-refractivity contribution >= 4 is 12.2 Å². The highest BCUT2D eigenvalue weighted by Gasteiger charge is 2.29. The van der Waals surface area contributed by atoms with Crippen LogP contribution < -0.4 is 11.0 Å². The third kappa shape index (κ3) is 3.64. The first-order valence-corrected chi connectivity index (χ1v) is 5.33. The average Bonchev–Trinajstić information content (AvgIpc) is 2.38. The molecule has 0 atom stereocenters. The monoisotopic (exact) mass is 283 g/mol. The fourth-order valence-electron chi connectivity index (χ4n) is 1.29. The quantitative estimate of drug-likeness (QED) is 0.662. The summed E-state index contributed by atoms with van der Waals surface area (Å²) in [6.45, 7) is 0. The van der Waals surface area contributed by atoms with Crippen molar-refractivity contribution in [1.82, 2.24) is 15.2 Å². The largest absolute Gasteiger partial charge is 0.416 e. The van der Waals surface area contributed by atoms with Crippen LogP contribution in [0.3, 0.4) is 0 Å². The normalized spacial score (nSPS) is 11.8. The van der Waals surface area contributed by atoms with Crippen LogP contribution in [-0.4, -0.2) is 21.4 Å². The van der Waals surface area contributed by atoms with Crippen LogP contribution in [0.1, 0.15) is 11.1 Å². The molecule has 0 unspecified atom stereocenters. The molecule has 0 radical (unpaired) electrons. The number of hydrogen-bond donors (Lipinski definition) is 2. The van der Waals surface area contributed by atoms with E-state index in [1.54, 1.807) is 0 Å². The summed E-state index contributed by atoms with van der Waals surface area (Å²) < 4.78 is 37.0. The molecule has 0 aliphatic rings. The SMILES string of the molecule is O=c1cnnc(N/N=C/c2ccc(C(F)(F)F)cc2)[nH]1. The molecule has 104 valence electrons. The average molecular weight is 283 g/mol. The molecule has 0 fully saturated rings. The maximum absolute atomic E-state index is 12.3. The number of alkyl halides is 3. The van der Waals surface area contributed by atoms with Gasteiger partial charge in [0.25, 0.3) is 5.56 Å². The van der Waals surface area contributed by atoms with Crippen LogP contribution in [0.2, 0.25) is 0 Å². The van der Waals surface area contributed by atoms with Gasteiger partial charge in [-0.3, -0.25) is 9.78 Å². The summed E-state index contributed by atoms with van der Waals surface area (Å²) in [7, 11) is 0. The van der Waals surface area contributed by atoms with E-state index in [0.29, 0.717) is 5.56 Å². The second-order valence-corrected chi connectivity index (χ2v) is 3.67. The molecular formula is C11H8F3N5O. The number of nitrogens with zero attached hydrogens (tertiary/aromatic N) is 3. The Morgan fingerprint density at radius 3 is 2.55 bits per heavy atom. The Kier molecular flexibility index (Phi) is 3.78. The molecule has 1 aromatic heterocycles. The molecule has 1 aromatic carbocycles. The smallest absolute Gasteiger partial charge is 0.289 e. The molecule has 0 saturated heterocycles. The zero-order valence-electron chi connectivity index (χ0n) is 9.85. The number of hydrazone groups is 1. The van der Waals surface area contributed by atoms with Gasteiger partial charge in [-0.05, 0) is 17.7 Å². The summed E-state index contributed by atoms with van der Waals surface area (Å²) in [6.07, 6.45) is -2.09. The van der Waals surface area contributed by atoms with Crippen molar-refractivity contribution in [1.29, 1.82) is 0 Å². The third-order valence-corrected chi connectivity index (χ3v) is 2.20. The van der Waals surface area contributed by atoms with Crippen molar-refractivity contribution in [3.8, 4) is 0 Å². The van der Waals surface area contributed by atoms with E-state index in [4.69, 9.17) is 0 Å². The number of anilines is 1. The minimum atomic E-state index is -4.37. The summed E-state index contributed by atoms with van der Waals surface area (Å²) in [5.74, 6) is 0.0284. The Balaban J connectivity index is 2.03. The van der Waals surface area contributed by atoms with E-state index >= 15 is 0 Å². The maximum Gasteiger partial charge on any atom is 0.416 e. The molecule has 0 amide bonds. The van der Waals surface area contributed by atoms with Crippen molar-refractivity contribution in [2.24, 2.45) is 5.10 Å². The number of H-pyrrole nitrogens is 1. The van der Waals surface area contributed by atoms with E-state index in [1.807, 2.05) is 0 Å². The Morgan fingerprint density at radius 2 is 1.95 bits per heavy atom. The number of halogens is 3. The topological polar surface area (TPSA) is 83.0 Å². The zero-order chi connectivity index (χ0) is 14.6. The Hall–Kier alpha value is -2.71. The standard InChI is InChI=1S/C11H8F3N5O/c12-11(13,14)8-3-1-7(2-4-8)5-15-18-10-17-9(20)6-16-19-10/h1-6H,(H2,17,18,19,20)/b15-5+. The van der Waals surface area contributed by atoms with Crippen molar-refractivity contribution in [3.63, 3.8) is 0 Å². The van der Waals surface area contributed by atoms with Crippen molar-refractivity contribution < 1.29 is 13.2 Å². The van der Waals surface area contributed by atoms with E-state index in [2.05, 4.69) is 25.7 Å². The lowest BCUT2D eigenvalue weighted by Crippen LogP contribution is -2.10. The first-order valence-electron chi connectivity index (χ1n) is 5.33. The molecule has 20 heavy (non-hydrogen) atoms. The van der Waals surface area contributed by atoms with Gasteiger partial charge in [-0.2, -0.15) is 18.3 Å². The minimum Gasteiger partial charge on any atom is -0.289 e. The van der Waals surface area contributed by atoms with Gasteiger partial charge in [0.15, 0.2) is 0 Å². The lowest BCUT2D eigenvalue weighted by Gasteiger charge is -2.05. The second kappa shape index (κ2) is 5.51. The zero-order valence-corrected chi connectivity index (χ0v) is 9.85. The summed E-state index contributed by atoms with van der Waals surface area (Å²) in [6, 6.07) is 4.44. The van der Waals surface area contributed by atoms with E-state index in [9.17, 15) is 18.0 Å². The van der Waals surface area contributed by atoms with Crippen LogP contribution in [0.25, 0.3) is 0 Å². The van der Waals surface area contributed by atoms with Crippen molar-refractivity contribution in [2.75, 3.05) is 5.43 Å². The maximum atomic E-state index is 12.3. The van der Waals surface area contributed by atoms with Crippen molar-refractivity contribution in [2.45, 2.75) is 6.18 Å². The molecule has 0 aliphatic heterocycles. The van der Waals surface area contributed by atoms with Gasteiger partial charge in [0.05, 0.1) is 11.8 Å². The highest BCUT2D eigenvalue weighted by atomic mass is 19.4. The van der Waals surface area contributed by atoms with Gasteiger partial charge >= 0.3 is 6.18 Å². The molecular weight excluding hydrogens is 275 g/mol. The minimum absolute atomic E-state index is 0.0284. The number of aromatic amines is 1. The van der Waals surface area contributed by atoms with Crippen LogP contribution in [0.4, 0.5) is 19.1 Å². The molecule has 2 rings (SSSR count). The predicted octanol–water partition coefficient (Wildman–Crippen LogP) is 1.63. The van der Waals surface area contributed by atoms with Crippen molar-refractivity contribution in [3.05, 3.63) is 51.9 Å². The number of rotatable bonds is 3. The summed E-state index contributed by atoms with van der Waals surface area (Å²) in [4.78, 5) is 13.2. The van der Waals surface area contributed by atoms with Gasteiger partial charge in [0, 0.05) is 0 Å². The summed E-state index contributed by atoms with van der Waals surface area (Å²) in [5, 5.41) is 10.6. The Labute approximate surface area is 110 Å². The van der Waals surface area contributed by atoms with Gasteiger partial charge in [-0.25, -0.2) is 5.43 Å². The molecule has 0 saturated carbocycles. The first kappa shape index (κ1) is 13.7. The Morgan fingerprint density at radius 1 is 1.25 bits per heavy atom. The van der Waals surface area contributed by atoms with E-state index in [0.717, 1.165) is 18.3 Å². The lowest BCUT2D eigenvalue weighted by molar-refractivity contribution is -0.137. The molecule has 1 heterocycles. The van der Waals surface area contributed by atoms with Gasteiger partial charge in [-0.1, -0.05) is 12.1 Å². The van der Waals surface area contributed by atoms with E-state index < -0.39 is 17.3 Å². The van der Waals surface area contributed by atoms with E-state index in [1.165, 1.54) is 18.3 Å². The number of hydrogen-bond acceptors (Lipinski definition) is 5. The van der Waals surface area contributed by atoms with Crippen LogP contribution in [-0.2, 0) is 6.18 Å². The van der Waals surface area contributed by atoms with Gasteiger partial charge in [0.1, 0.15) is 6.20 Å². The van der Waals surface area contributed by atoms with Gasteiger partial charge in [0.2, 0.25) is 5.95 Å². The van der Waals surface area contributed by atoms with Gasteiger partial charge < -0.3 is 0 Å². The van der Waals surface area contributed by atoms with Gasteiger partial charge in [-0.15, -0.1) is 10.2 Å². The molecule has 0 spiro atoms. The molecule has 2 N–H and O–H groups in total. The van der Waals surface area contributed by atoms with E-state index in [-0.39, 0.29) is 5.95 Å². The molecule has 0 aliphatic carbocycles. The summed E-state index contributed by atoms with van der Waals surface area (Å²) >= 11 is 0. The third-order valence-electron chi connectivity index (χ3n) is 2.20. The lowest BCUT2D eigenvalue weighted by atomic mass is 10.1. The van der Waals surface area contributed by atoms with Crippen LogP contribution in [0.5, 0.6) is 0 Å². The molecule has 2 aromatic rings. The van der Waals surface area contributed by atoms with Crippen LogP contribution >= 0.6 is 0 Å². The second-order valence-electron chi connectivity index (χ2n) is 3.67. The Bertz CT molecular complexity index is 663. The number of aromatic nitrogens is 3. The highest BCUT2D eigenvalue weighted by Crippen LogP contribution is 2.28. The van der Waals surface area contributed by atoms with Crippen LogP contribution in [0.15, 0.2) is 40.4 Å². The predicted molar refractivity (Wildman–Crippen MR) is 65.3 cm³/mol. The first-order chi connectivity index (χ1) is 9.45. The molecule has 9 heteroatoms. The molecule has 6 nitrogen and oxygen atoms in total. The number of nitrogens with one attached hydrogen (secondary N) is 2. The summed E-state index contributed by atoms with van der Waals surface area (Å²) in [5.41, 5.74) is 1.67. The highest BCUT2D eigenvalue weighted by molar-refractivity contribution is 5.80. The molecule has 0 bridgehead atoms.